The molecular weight excluding hydrogens is 184 g/mol. The van der Waals surface area contributed by atoms with E-state index in [-0.39, 0.29) is 14.9 Å². The van der Waals surface area contributed by atoms with Crippen LogP contribution in [0.4, 0.5) is 5.82 Å². The van der Waals surface area contributed by atoms with E-state index in [1.54, 1.807) is 7.11 Å². The highest BCUT2D eigenvalue weighted by atomic mass is 32.1. The van der Waals surface area contributed by atoms with Crippen molar-refractivity contribution in [1.82, 2.24) is 4.98 Å². The monoisotopic (exact) mass is 202 g/mol. The Morgan fingerprint density at radius 1 is 1.54 bits per heavy atom. The molecule has 0 fully saturated rings. The summed E-state index contributed by atoms with van der Waals surface area (Å²) in [4.78, 5) is 4.25. The molecular formula is C9H18N2OS. The molecule has 13 heavy (non-hydrogen) atoms. The molecule has 0 aromatic carbocycles. The van der Waals surface area contributed by atoms with Crippen LogP contribution in [0.1, 0.15) is 13.9 Å². The molecule has 1 N–H and O–H groups in total. The standard InChI is InChI=1S/C9H14N2O.H2S.H2/c1-4-7-5-6-8(10-2)11-9(7)12-3;;/h5-6H,4H2,1-3H3,(H,10,11);1H2;1H. The van der Waals surface area contributed by atoms with Gasteiger partial charge in [-0.05, 0) is 12.5 Å². The number of hydrogen-bond acceptors (Lipinski definition) is 3. The summed E-state index contributed by atoms with van der Waals surface area (Å²) < 4.78 is 5.13. The summed E-state index contributed by atoms with van der Waals surface area (Å²) in [5.74, 6) is 1.55. The van der Waals surface area contributed by atoms with Crippen molar-refractivity contribution in [2.24, 2.45) is 0 Å². The summed E-state index contributed by atoms with van der Waals surface area (Å²) in [5.41, 5.74) is 1.14. The Balaban J connectivity index is 0. The molecule has 4 heteroatoms. The molecule has 1 aromatic rings. The fraction of sp³-hybridized carbons (Fsp3) is 0.444. The van der Waals surface area contributed by atoms with Crippen LogP contribution in [0.25, 0.3) is 0 Å². The van der Waals surface area contributed by atoms with Gasteiger partial charge in [0.15, 0.2) is 0 Å². The van der Waals surface area contributed by atoms with Gasteiger partial charge in [-0.3, -0.25) is 0 Å². The third-order valence-electron chi connectivity index (χ3n) is 1.77. The number of aromatic nitrogens is 1. The van der Waals surface area contributed by atoms with Gasteiger partial charge < -0.3 is 10.1 Å². The van der Waals surface area contributed by atoms with Crippen molar-refractivity contribution in [3.05, 3.63) is 17.7 Å². The number of nitrogens with one attached hydrogen (secondary N) is 1. The van der Waals surface area contributed by atoms with E-state index in [0.717, 1.165) is 17.8 Å². The topological polar surface area (TPSA) is 34.2 Å². The number of aryl methyl sites for hydroxylation is 1. The largest absolute Gasteiger partial charge is 0.481 e. The van der Waals surface area contributed by atoms with Gasteiger partial charge in [-0.25, -0.2) is 0 Å². The van der Waals surface area contributed by atoms with Crippen LogP contribution in [0.15, 0.2) is 12.1 Å². The lowest BCUT2D eigenvalue weighted by atomic mass is 10.2. The van der Waals surface area contributed by atoms with Crippen LogP contribution in [0.2, 0.25) is 0 Å². The molecule has 0 aliphatic rings. The average molecular weight is 202 g/mol. The van der Waals surface area contributed by atoms with Gasteiger partial charge in [0, 0.05) is 14.0 Å². The zero-order valence-corrected chi connectivity index (χ0v) is 9.22. The summed E-state index contributed by atoms with van der Waals surface area (Å²) in [6.07, 6.45) is 0.945. The lowest BCUT2D eigenvalue weighted by Crippen LogP contribution is -1.98. The quantitative estimate of drug-likeness (QED) is 0.814. The molecule has 1 rings (SSSR count). The molecule has 0 spiro atoms. The lowest BCUT2D eigenvalue weighted by Gasteiger charge is -2.06. The SMILES string of the molecule is CCc1ccc(NC)nc1OC.S.[HH]. The maximum absolute atomic E-state index is 5.13. The molecule has 1 aromatic heterocycles. The second-order valence-electron chi connectivity index (χ2n) is 2.47. The second-order valence-corrected chi connectivity index (χ2v) is 2.47. The van der Waals surface area contributed by atoms with Crippen molar-refractivity contribution in [2.75, 3.05) is 19.5 Å². The first-order chi connectivity index (χ1) is 5.81. The van der Waals surface area contributed by atoms with Gasteiger partial charge >= 0.3 is 0 Å². The zero-order chi connectivity index (χ0) is 8.97. The number of anilines is 1. The molecule has 0 saturated heterocycles. The fourth-order valence-electron chi connectivity index (χ4n) is 1.05. The van der Waals surface area contributed by atoms with Crippen molar-refractivity contribution >= 4 is 19.3 Å². The highest BCUT2D eigenvalue weighted by Crippen LogP contribution is 2.18. The second kappa shape index (κ2) is 5.70. The summed E-state index contributed by atoms with van der Waals surface area (Å²) in [7, 11) is 3.48. The Labute approximate surface area is 87.5 Å². The first-order valence-corrected chi connectivity index (χ1v) is 4.03. The van der Waals surface area contributed by atoms with Gasteiger partial charge in [0.05, 0.1) is 7.11 Å². The number of methoxy groups -OCH3 is 1. The third-order valence-corrected chi connectivity index (χ3v) is 1.77. The van der Waals surface area contributed by atoms with E-state index in [9.17, 15) is 0 Å². The zero-order valence-electron chi connectivity index (χ0n) is 8.22. The van der Waals surface area contributed by atoms with Crippen LogP contribution in [0, 0.1) is 0 Å². The van der Waals surface area contributed by atoms with Gasteiger partial charge in [0.2, 0.25) is 5.88 Å². The van der Waals surface area contributed by atoms with Crippen molar-refractivity contribution in [1.29, 1.82) is 0 Å². The van der Waals surface area contributed by atoms with Crippen LogP contribution in [-0.2, 0) is 6.42 Å². The fourth-order valence-corrected chi connectivity index (χ4v) is 1.05. The summed E-state index contributed by atoms with van der Waals surface area (Å²) in [6.45, 7) is 2.08. The summed E-state index contributed by atoms with van der Waals surface area (Å²) >= 11 is 0. The molecule has 0 aliphatic heterocycles. The third kappa shape index (κ3) is 2.81. The molecule has 0 atom stereocenters. The average Bonchev–Trinajstić information content (AvgIpc) is 2.16. The molecule has 0 unspecified atom stereocenters. The van der Waals surface area contributed by atoms with Gasteiger partial charge in [0.1, 0.15) is 5.82 Å². The number of rotatable bonds is 3. The van der Waals surface area contributed by atoms with E-state index in [0.29, 0.717) is 5.88 Å². The van der Waals surface area contributed by atoms with Crippen molar-refractivity contribution < 1.29 is 6.16 Å². The molecule has 0 radical (unpaired) electrons. The van der Waals surface area contributed by atoms with Crippen molar-refractivity contribution in [3.8, 4) is 5.88 Å². The summed E-state index contributed by atoms with van der Waals surface area (Å²) in [5, 5.41) is 2.96. The Kier molecular flexibility index (Phi) is 5.30. The van der Waals surface area contributed by atoms with E-state index in [4.69, 9.17) is 4.74 Å². The number of nitrogens with zero attached hydrogens (tertiary/aromatic N) is 1. The summed E-state index contributed by atoms with van der Waals surface area (Å²) in [6, 6.07) is 3.97. The predicted octanol–water partition coefficient (Wildman–Crippen LogP) is 2.05. The van der Waals surface area contributed by atoms with Crippen LogP contribution in [-0.4, -0.2) is 19.1 Å². The highest BCUT2D eigenvalue weighted by Gasteiger charge is 2.02. The molecule has 0 aliphatic carbocycles. The number of pyridine rings is 1. The minimum atomic E-state index is 0. The van der Waals surface area contributed by atoms with Crippen LogP contribution in [0.5, 0.6) is 5.88 Å². The Morgan fingerprint density at radius 3 is 2.69 bits per heavy atom. The minimum Gasteiger partial charge on any atom is -0.481 e. The van der Waals surface area contributed by atoms with Gasteiger partial charge in [-0.15, -0.1) is 0 Å². The maximum atomic E-state index is 5.13. The molecule has 76 valence electrons. The molecule has 0 saturated carbocycles. The van der Waals surface area contributed by atoms with E-state index >= 15 is 0 Å². The van der Waals surface area contributed by atoms with Crippen molar-refractivity contribution in [3.63, 3.8) is 0 Å². The lowest BCUT2D eigenvalue weighted by molar-refractivity contribution is 0.393. The van der Waals surface area contributed by atoms with Gasteiger partial charge in [0.25, 0.3) is 0 Å². The molecule has 0 amide bonds. The first-order valence-electron chi connectivity index (χ1n) is 4.03. The predicted molar refractivity (Wildman–Crippen MR) is 62.2 cm³/mol. The Hall–Kier alpha value is -0.900. The number of ether oxygens (including phenoxy) is 1. The Morgan fingerprint density at radius 2 is 2.23 bits per heavy atom. The van der Waals surface area contributed by atoms with E-state index < -0.39 is 0 Å². The van der Waals surface area contributed by atoms with Crippen LogP contribution < -0.4 is 10.1 Å². The van der Waals surface area contributed by atoms with Crippen molar-refractivity contribution in [2.45, 2.75) is 13.3 Å². The maximum Gasteiger partial charge on any atom is 0.218 e. The molecule has 1 heterocycles. The van der Waals surface area contributed by atoms with Crippen LogP contribution in [0.3, 0.4) is 0 Å². The van der Waals surface area contributed by atoms with Gasteiger partial charge in [-0.1, -0.05) is 13.0 Å². The van der Waals surface area contributed by atoms with Gasteiger partial charge in [-0.2, -0.15) is 18.5 Å². The highest BCUT2D eigenvalue weighted by molar-refractivity contribution is 7.59. The van der Waals surface area contributed by atoms with E-state index in [2.05, 4.69) is 17.2 Å². The Bertz CT molecular complexity index is 271. The molecule has 3 nitrogen and oxygen atoms in total. The smallest absolute Gasteiger partial charge is 0.218 e. The first kappa shape index (κ1) is 12.1. The number of hydrogen-bond donors (Lipinski definition) is 1. The normalized spacial score (nSPS) is 8.85. The van der Waals surface area contributed by atoms with Crippen LogP contribution >= 0.6 is 13.5 Å². The van der Waals surface area contributed by atoms with E-state index in [1.807, 2.05) is 19.2 Å². The van der Waals surface area contributed by atoms with E-state index in [1.165, 1.54) is 0 Å². The molecule has 0 bridgehead atoms. The minimum absolute atomic E-state index is 0.